The van der Waals surface area contributed by atoms with Crippen molar-refractivity contribution in [3.05, 3.63) is 53.6 Å². The number of hydrogen-bond donors (Lipinski definition) is 1. The van der Waals surface area contributed by atoms with Gasteiger partial charge in [-0.05, 0) is 41.3 Å². The topological polar surface area (TPSA) is 55.4 Å². The summed E-state index contributed by atoms with van der Waals surface area (Å²) in [4.78, 5) is -0.759. The largest absolute Gasteiger partial charge is 0.495 e. The number of anilines is 1. The van der Waals surface area contributed by atoms with E-state index in [1.165, 1.54) is 7.11 Å². The normalized spacial score (nSPS) is 12.1. The second kappa shape index (κ2) is 6.39. The van der Waals surface area contributed by atoms with E-state index in [-0.39, 0.29) is 16.9 Å². The van der Waals surface area contributed by atoms with Crippen LogP contribution in [0.3, 0.4) is 0 Å². The third kappa shape index (κ3) is 3.84. The molecule has 0 spiro atoms. The molecule has 0 atom stereocenters. The fourth-order valence-electron chi connectivity index (χ4n) is 2.14. The number of methoxy groups -OCH3 is 1. The first kappa shape index (κ1) is 18.2. The maximum absolute atomic E-state index is 13.8. The van der Waals surface area contributed by atoms with Gasteiger partial charge in [-0.3, -0.25) is 4.72 Å². The molecule has 0 unspecified atom stereocenters. The SMILES string of the molecule is COc1ccc(C(C)(C)C)cc1NS(=O)(=O)c1cc(F)ccc1F. The first-order valence-electron chi connectivity index (χ1n) is 7.21. The summed E-state index contributed by atoms with van der Waals surface area (Å²) in [5.74, 6) is -1.59. The summed E-state index contributed by atoms with van der Waals surface area (Å²) >= 11 is 0. The molecule has 2 aromatic rings. The van der Waals surface area contributed by atoms with Crippen molar-refractivity contribution in [1.29, 1.82) is 0 Å². The highest BCUT2D eigenvalue weighted by Gasteiger charge is 2.23. The molecule has 2 rings (SSSR count). The molecule has 0 radical (unpaired) electrons. The van der Waals surface area contributed by atoms with Crippen LogP contribution in [0, 0.1) is 11.6 Å². The molecule has 0 amide bonds. The first-order valence-corrected chi connectivity index (χ1v) is 8.69. The Morgan fingerprint density at radius 2 is 1.71 bits per heavy atom. The minimum absolute atomic E-state index is 0.161. The Kier molecular flexibility index (Phi) is 4.85. The zero-order valence-electron chi connectivity index (χ0n) is 13.9. The van der Waals surface area contributed by atoms with Crippen molar-refractivity contribution in [2.75, 3.05) is 11.8 Å². The lowest BCUT2D eigenvalue weighted by molar-refractivity contribution is 0.416. The summed E-state index contributed by atoms with van der Waals surface area (Å²) in [5, 5.41) is 0. The second-order valence-electron chi connectivity index (χ2n) is 6.35. The van der Waals surface area contributed by atoms with Crippen molar-refractivity contribution in [3.8, 4) is 5.75 Å². The molecule has 130 valence electrons. The third-order valence-corrected chi connectivity index (χ3v) is 4.87. The standard InChI is InChI=1S/C17H19F2NO3S/c1-17(2,3)11-5-8-15(23-4)14(9-11)20-24(21,22)16-10-12(18)6-7-13(16)19/h5-10,20H,1-4H3. The lowest BCUT2D eigenvalue weighted by Gasteiger charge is -2.21. The molecule has 0 saturated heterocycles. The Hall–Kier alpha value is -2.15. The molecule has 0 bridgehead atoms. The molecular formula is C17H19F2NO3S. The van der Waals surface area contributed by atoms with Crippen molar-refractivity contribution < 1.29 is 21.9 Å². The van der Waals surface area contributed by atoms with Crippen LogP contribution in [0.4, 0.5) is 14.5 Å². The number of halogens is 2. The van der Waals surface area contributed by atoms with Gasteiger partial charge in [-0.2, -0.15) is 0 Å². The first-order chi connectivity index (χ1) is 11.0. The molecule has 0 aliphatic rings. The van der Waals surface area contributed by atoms with Crippen LogP contribution in [0.5, 0.6) is 5.75 Å². The maximum atomic E-state index is 13.8. The fraction of sp³-hybridized carbons (Fsp3) is 0.294. The quantitative estimate of drug-likeness (QED) is 0.899. The van der Waals surface area contributed by atoms with Gasteiger partial charge in [0.1, 0.15) is 22.3 Å². The maximum Gasteiger partial charge on any atom is 0.265 e. The van der Waals surface area contributed by atoms with E-state index in [0.29, 0.717) is 6.07 Å². The summed E-state index contributed by atoms with van der Waals surface area (Å²) in [6.07, 6.45) is 0. The smallest absolute Gasteiger partial charge is 0.265 e. The van der Waals surface area contributed by atoms with Gasteiger partial charge in [-0.15, -0.1) is 0 Å². The van der Waals surface area contributed by atoms with Gasteiger partial charge in [-0.1, -0.05) is 26.8 Å². The summed E-state index contributed by atoms with van der Waals surface area (Å²) in [5.41, 5.74) is 0.797. The van der Waals surface area contributed by atoms with Gasteiger partial charge >= 0.3 is 0 Å². The lowest BCUT2D eigenvalue weighted by atomic mass is 9.87. The number of sulfonamides is 1. The van der Waals surface area contributed by atoms with Crippen molar-refractivity contribution in [1.82, 2.24) is 0 Å². The molecular weight excluding hydrogens is 336 g/mol. The zero-order chi connectivity index (χ0) is 18.1. The summed E-state index contributed by atoms with van der Waals surface area (Å²) in [6, 6.07) is 7.33. The summed E-state index contributed by atoms with van der Waals surface area (Å²) in [7, 11) is -2.91. The van der Waals surface area contributed by atoms with Gasteiger partial charge in [0.05, 0.1) is 12.8 Å². The molecule has 0 aliphatic carbocycles. The van der Waals surface area contributed by atoms with E-state index in [0.717, 1.165) is 17.7 Å². The van der Waals surface area contributed by atoms with Crippen molar-refractivity contribution >= 4 is 15.7 Å². The lowest BCUT2D eigenvalue weighted by Crippen LogP contribution is -2.17. The van der Waals surface area contributed by atoms with Crippen molar-refractivity contribution in [2.45, 2.75) is 31.1 Å². The Morgan fingerprint density at radius 3 is 2.29 bits per heavy atom. The molecule has 4 nitrogen and oxygen atoms in total. The Bertz CT molecular complexity index is 859. The van der Waals surface area contributed by atoms with E-state index in [1.54, 1.807) is 12.1 Å². The molecule has 0 saturated carbocycles. The Balaban J connectivity index is 2.51. The van der Waals surface area contributed by atoms with Gasteiger partial charge in [-0.25, -0.2) is 17.2 Å². The Morgan fingerprint density at radius 1 is 1.04 bits per heavy atom. The number of hydrogen-bond acceptors (Lipinski definition) is 3. The van der Waals surface area contributed by atoms with Crippen molar-refractivity contribution in [2.24, 2.45) is 0 Å². The average molecular weight is 355 g/mol. The summed E-state index contributed by atoms with van der Waals surface area (Å²) in [6.45, 7) is 5.91. The number of nitrogens with one attached hydrogen (secondary N) is 1. The van der Waals surface area contributed by atoms with Gasteiger partial charge in [0.25, 0.3) is 10.0 Å². The predicted octanol–water partition coefficient (Wildman–Crippen LogP) is 4.07. The monoisotopic (exact) mass is 355 g/mol. The molecule has 2 aromatic carbocycles. The van der Waals surface area contributed by atoms with E-state index in [2.05, 4.69) is 4.72 Å². The van der Waals surface area contributed by atoms with Crippen molar-refractivity contribution in [3.63, 3.8) is 0 Å². The highest BCUT2D eigenvalue weighted by atomic mass is 32.2. The van der Waals surface area contributed by atoms with Crippen LogP contribution in [-0.2, 0) is 15.4 Å². The Labute approximate surface area is 140 Å². The predicted molar refractivity (Wildman–Crippen MR) is 88.9 cm³/mol. The molecule has 0 aromatic heterocycles. The van der Waals surface area contributed by atoms with E-state index >= 15 is 0 Å². The second-order valence-corrected chi connectivity index (χ2v) is 8.00. The van der Waals surface area contributed by atoms with E-state index < -0.39 is 26.6 Å². The molecule has 0 fully saturated rings. The number of ether oxygens (including phenoxy) is 1. The van der Waals surface area contributed by atoms with Crippen LogP contribution in [-0.4, -0.2) is 15.5 Å². The molecule has 1 N–H and O–H groups in total. The number of benzene rings is 2. The van der Waals surface area contributed by atoms with Crippen LogP contribution in [0.1, 0.15) is 26.3 Å². The molecule has 0 aliphatic heterocycles. The fourth-order valence-corrected chi connectivity index (χ4v) is 3.29. The van der Waals surface area contributed by atoms with E-state index in [9.17, 15) is 17.2 Å². The highest BCUT2D eigenvalue weighted by Crippen LogP contribution is 2.33. The van der Waals surface area contributed by atoms with Crippen LogP contribution in [0.2, 0.25) is 0 Å². The van der Waals surface area contributed by atoms with E-state index in [4.69, 9.17) is 4.74 Å². The van der Waals surface area contributed by atoms with Crippen LogP contribution >= 0.6 is 0 Å². The minimum atomic E-state index is -4.31. The molecule has 0 heterocycles. The minimum Gasteiger partial charge on any atom is -0.495 e. The number of rotatable bonds is 4. The van der Waals surface area contributed by atoms with Gasteiger partial charge in [0.2, 0.25) is 0 Å². The van der Waals surface area contributed by atoms with Crippen LogP contribution in [0.15, 0.2) is 41.3 Å². The van der Waals surface area contributed by atoms with E-state index in [1.807, 2.05) is 26.8 Å². The van der Waals surface area contributed by atoms with Crippen LogP contribution in [0.25, 0.3) is 0 Å². The zero-order valence-corrected chi connectivity index (χ0v) is 14.7. The van der Waals surface area contributed by atoms with Gasteiger partial charge < -0.3 is 4.74 Å². The van der Waals surface area contributed by atoms with Gasteiger partial charge in [0, 0.05) is 0 Å². The molecule has 7 heteroatoms. The molecule has 24 heavy (non-hydrogen) atoms. The van der Waals surface area contributed by atoms with Crippen LogP contribution < -0.4 is 9.46 Å². The van der Waals surface area contributed by atoms with Gasteiger partial charge in [0.15, 0.2) is 0 Å². The highest BCUT2D eigenvalue weighted by molar-refractivity contribution is 7.92. The summed E-state index contributed by atoms with van der Waals surface area (Å²) < 4.78 is 59.4. The average Bonchev–Trinajstić information content (AvgIpc) is 2.48. The third-order valence-electron chi connectivity index (χ3n) is 3.49.